The van der Waals surface area contributed by atoms with E-state index in [4.69, 9.17) is 4.74 Å². The highest BCUT2D eigenvalue weighted by molar-refractivity contribution is 6.06. The Labute approximate surface area is 167 Å². The summed E-state index contributed by atoms with van der Waals surface area (Å²) in [4.78, 5) is 34.1. The van der Waals surface area contributed by atoms with E-state index in [0.29, 0.717) is 17.0 Å². The maximum Gasteiger partial charge on any atom is 0.260 e. The number of nitrogens with zero attached hydrogens (tertiary/aromatic N) is 2. The molecule has 2 aromatic heterocycles. The lowest BCUT2D eigenvalue weighted by molar-refractivity contribution is 0.0984. The van der Waals surface area contributed by atoms with E-state index in [1.54, 1.807) is 36.4 Å². The zero-order chi connectivity index (χ0) is 20.2. The number of hydrogen-bond donors (Lipinski definition) is 1. The molecule has 6 nitrogen and oxygen atoms in total. The number of para-hydroxylation sites is 3. The van der Waals surface area contributed by atoms with Crippen molar-refractivity contribution in [3.63, 3.8) is 0 Å². The van der Waals surface area contributed by atoms with Gasteiger partial charge >= 0.3 is 0 Å². The fourth-order valence-corrected chi connectivity index (χ4v) is 3.34. The van der Waals surface area contributed by atoms with Crippen LogP contribution < -0.4 is 15.2 Å². The first-order chi connectivity index (χ1) is 14.2. The van der Waals surface area contributed by atoms with Gasteiger partial charge in [-0.15, -0.1) is 0 Å². The summed E-state index contributed by atoms with van der Waals surface area (Å²) >= 11 is 0. The highest BCUT2D eigenvalue weighted by Gasteiger charge is 2.22. The van der Waals surface area contributed by atoms with Gasteiger partial charge in [0.25, 0.3) is 5.91 Å². The minimum absolute atomic E-state index is 0.207. The maximum absolute atomic E-state index is 13.4. The third-order valence-corrected chi connectivity index (χ3v) is 4.69. The zero-order valence-corrected chi connectivity index (χ0v) is 15.8. The Morgan fingerprint density at radius 1 is 1.07 bits per heavy atom. The van der Waals surface area contributed by atoms with E-state index in [-0.39, 0.29) is 18.0 Å². The van der Waals surface area contributed by atoms with Gasteiger partial charge in [-0.1, -0.05) is 30.3 Å². The molecule has 6 heteroatoms. The Morgan fingerprint density at radius 2 is 1.86 bits per heavy atom. The summed E-state index contributed by atoms with van der Waals surface area (Å²) in [5.41, 5.74) is 2.32. The van der Waals surface area contributed by atoms with Crippen LogP contribution in [0.4, 0.5) is 5.69 Å². The molecule has 144 valence electrons. The summed E-state index contributed by atoms with van der Waals surface area (Å²) in [5.74, 6) is 0.339. The second kappa shape index (κ2) is 7.98. The van der Waals surface area contributed by atoms with Crippen LogP contribution in [-0.4, -0.2) is 23.0 Å². The topological polar surface area (TPSA) is 75.3 Å². The number of pyridine rings is 2. The number of aromatic amines is 1. The first kappa shape index (κ1) is 18.4. The third kappa shape index (κ3) is 3.73. The largest absolute Gasteiger partial charge is 0.495 e. The lowest BCUT2D eigenvalue weighted by atomic mass is 10.1. The van der Waals surface area contributed by atoms with E-state index in [2.05, 4.69) is 9.97 Å². The Morgan fingerprint density at radius 3 is 2.66 bits per heavy atom. The van der Waals surface area contributed by atoms with Crippen molar-refractivity contribution in [1.29, 1.82) is 0 Å². The molecule has 2 heterocycles. The van der Waals surface area contributed by atoms with Crippen LogP contribution in [0.1, 0.15) is 15.9 Å². The molecule has 4 aromatic rings. The van der Waals surface area contributed by atoms with Gasteiger partial charge in [0.1, 0.15) is 5.75 Å². The number of rotatable bonds is 5. The van der Waals surface area contributed by atoms with Crippen LogP contribution in [0.5, 0.6) is 5.75 Å². The van der Waals surface area contributed by atoms with Crippen molar-refractivity contribution in [2.24, 2.45) is 0 Å². The minimum Gasteiger partial charge on any atom is -0.495 e. The van der Waals surface area contributed by atoms with Crippen LogP contribution in [0.15, 0.2) is 83.9 Å². The predicted molar refractivity (Wildman–Crippen MR) is 112 cm³/mol. The van der Waals surface area contributed by atoms with Gasteiger partial charge in [-0.2, -0.15) is 0 Å². The van der Waals surface area contributed by atoms with Gasteiger partial charge in [-0.25, -0.2) is 0 Å². The second-order valence-corrected chi connectivity index (χ2v) is 6.51. The summed E-state index contributed by atoms with van der Waals surface area (Å²) in [5, 5.41) is 0.881. The molecular weight excluding hydrogens is 366 g/mol. The van der Waals surface area contributed by atoms with Crippen LogP contribution in [0.25, 0.3) is 10.9 Å². The number of benzene rings is 2. The zero-order valence-electron chi connectivity index (χ0n) is 15.8. The number of nitrogens with one attached hydrogen (secondary N) is 1. The highest BCUT2D eigenvalue weighted by Crippen LogP contribution is 2.31. The van der Waals surface area contributed by atoms with E-state index >= 15 is 0 Å². The molecule has 0 aliphatic carbocycles. The summed E-state index contributed by atoms with van der Waals surface area (Å²) in [6.07, 6.45) is 3.15. The molecule has 2 aromatic carbocycles. The molecular formula is C23H19N3O3. The Bertz CT molecular complexity index is 1220. The van der Waals surface area contributed by atoms with Crippen molar-refractivity contribution in [3.05, 3.63) is 101 Å². The summed E-state index contributed by atoms with van der Waals surface area (Å²) in [6, 6.07) is 19.8. The third-order valence-electron chi connectivity index (χ3n) is 4.69. The predicted octanol–water partition coefficient (Wildman–Crippen LogP) is 3.78. The molecule has 1 amide bonds. The fourth-order valence-electron chi connectivity index (χ4n) is 3.34. The molecule has 0 aliphatic heterocycles. The van der Waals surface area contributed by atoms with Crippen molar-refractivity contribution >= 4 is 22.5 Å². The molecule has 0 aliphatic rings. The number of hydrogen-bond acceptors (Lipinski definition) is 4. The van der Waals surface area contributed by atoms with Gasteiger partial charge < -0.3 is 14.6 Å². The van der Waals surface area contributed by atoms with Crippen molar-refractivity contribution in [2.75, 3.05) is 12.0 Å². The fraction of sp³-hybridized carbons (Fsp3) is 0.0870. The summed E-state index contributed by atoms with van der Waals surface area (Å²) < 4.78 is 5.48. The molecule has 0 spiro atoms. The van der Waals surface area contributed by atoms with Crippen molar-refractivity contribution < 1.29 is 9.53 Å². The Kier molecular flexibility index (Phi) is 5.07. The summed E-state index contributed by atoms with van der Waals surface area (Å²) in [6.45, 7) is 0.207. The van der Waals surface area contributed by atoms with Crippen LogP contribution in [0, 0.1) is 0 Å². The average Bonchev–Trinajstić information content (AvgIpc) is 2.77. The highest BCUT2D eigenvalue weighted by atomic mass is 16.5. The molecule has 0 unspecified atom stereocenters. The van der Waals surface area contributed by atoms with Crippen molar-refractivity contribution in [1.82, 2.24) is 9.97 Å². The molecule has 1 N–H and O–H groups in total. The van der Waals surface area contributed by atoms with Gasteiger partial charge in [-0.05, 0) is 35.9 Å². The SMILES string of the molecule is COc1ccccc1N(Cc1cc(=O)[nH]c2ccccc12)C(=O)c1cccnc1. The molecule has 0 fully saturated rings. The number of fused-ring (bicyclic) bond motifs is 1. The van der Waals surface area contributed by atoms with E-state index in [1.807, 2.05) is 42.5 Å². The normalized spacial score (nSPS) is 10.7. The number of carbonyl (C=O) groups is 1. The first-order valence-corrected chi connectivity index (χ1v) is 9.13. The lowest BCUT2D eigenvalue weighted by Gasteiger charge is -2.25. The monoisotopic (exact) mass is 385 g/mol. The first-order valence-electron chi connectivity index (χ1n) is 9.13. The van der Waals surface area contributed by atoms with Crippen LogP contribution in [-0.2, 0) is 6.54 Å². The van der Waals surface area contributed by atoms with E-state index in [0.717, 1.165) is 16.5 Å². The van der Waals surface area contributed by atoms with Crippen LogP contribution in [0.3, 0.4) is 0 Å². The smallest absolute Gasteiger partial charge is 0.260 e. The Hall–Kier alpha value is -3.93. The summed E-state index contributed by atoms with van der Waals surface area (Å²) in [7, 11) is 1.56. The molecule has 0 radical (unpaired) electrons. The van der Waals surface area contributed by atoms with Gasteiger partial charge in [-0.3, -0.25) is 14.6 Å². The average molecular weight is 385 g/mol. The van der Waals surface area contributed by atoms with Gasteiger partial charge in [0.15, 0.2) is 0 Å². The number of ether oxygens (including phenoxy) is 1. The molecule has 4 rings (SSSR count). The second-order valence-electron chi connectivity index (χ2n) is 6.51. The number of carbonyl (C=O) groups excluding carboxylic acids is 1. The number of methoxy groups -OCH3 is 1. The molecule has 0 saturated carbocycles. The number of amides is 1. The molecule has 29 heavy (non-hydrogen) atoms. The lowest BCUT2D eigenvalue weighted by Crippen LogP contribution is -2.31. The molecule has 0 bridgehead atoms. The van der Waals surface area contributed by atoms with Gasteiger partial charge in [0, 0.05) is 29.4 Å². The quantitative estimate of drug-likeness (QED) is 0.567. The number of anilines is 1. The van der Waals surface area contributed by atoms with E-state index < -0.39 is 0 Å². The standard InChI is InChI=1S/C23H19N3O3/c1-29-21-11-5-4-10-20(21)26(23(28)16-7-6-12-24-14-16)15-17-13-22(27)25-19-9-3-2-8-18(17)19/h2-14H,15H2,1H3,(H,25,27). The van der Waals surface area contributed by atoms with Gasteiger partial charge in [0.2, 0.25) is 5.56 Å². The number of aromatic nitrogens is 2. The van der Waals surface area contributed by atoms with Crippen molar-refractivity contribution in [3.8, 4) is 5.75 Å². The van der Waals surface area contributed by atoms with Gasteiger partial charge in [0.05, 0.1) is 24.9 Å². The van der Waals surface area contributed by atoms with Crippen LogP contribution in [0.2, 0.25) is 0 Å². The maximum atomic E-state index is 13.4. The molecule has 0 saturated heterocycles. The number of H-pyrrole nitrogens is 1. The minimum atomic E-state index is -0.230. The van der Waals surface area contributed by atoms with Crippen LogP contribution >= 0.6 is 0 Å². The molecule has 0 atom stereocenters. The van der Waals surface area contributed by atoms with E-state index in [9.17, 15) is 9.59 Å². The van der Waals surface area contributed by atoms with E-state index in [1.165, 1.54) is 12.3 Å². The van der Waals surface area contributed by atoms with Crippen molar-refractivity contribution in [2.45, 2.75) is 6.54 Å². The Balaban J connectivity index is 1.86.